The highest BCUT2D eigenvalue weighted by atomic mass is 79.9. The van der Waals surface area contributed by atoms with Crippen LogP contribution in [0.3, 0.4) is 0 Å². The first-order valence-electron chi connectivity index (χ1n) is 4.54. The number of hydrogen-bond acceptors (Lipinski definition) is 4. The molecule has 0 amide bonds. The molecule has 1 aromatic rings. The first-order chi connectivity index (χ1) is 7.85. The largest absolute Gasteiger partial charge is 0.229 e. The van der Waals surface area contributed by atoms with Crippen LogP contribution in [0.5, 0.6) is 0 Å². The summed E-state index contributed by atoms with van der Waals surface area (Å²) in [6.45, 7) is 0. The van der Waals surface area contributed by atoms with Gasteiger partial charge in [0.1, 0.15) is 15.9 Å². The molecule has 0 bridgehead atoms. The quantitative estimate of drug-likeness (QED) is 0.792. The van der Waals surface area contributed by atoms with Gasteiger partial charge in [0.05, 0.1) is 15.8 Å². The highest BCUT2D eigenvalue weighted by Gasteiger charge is 2.12. The number of thioether (sulfide) groups is 1. The molecule has 0 aliphatic heterocycles. The highest BCUT2D eigenvalue weighted by Crippen LogP contribution is 2.29. The van der Waals surface area contributed by atoms with Crippen molar-refractivity contribution in [3.05, 3.63) is 28.0 Å². The van der Waals surface area contributed by atoms with Gasteiger partial charge < -0.3 is 0 Å². The molecule has 0 aliphatic carbocycles. The second-order valence-corrected chi connectivity index (χ2v) is 7.52. The predicted molar refractivity (Wildman–Crippen MR) is 69.2 cm³/mol. The van der Waals surface area contributed by atoms with Crippen molar-refractivity contribution in [1.82, 2.24) is 0 Å². The molecular weight excluding hydrogens is 329 g/mol. The van der Waals surface area contributed by atoms with E-state index in [9.17, 15) is 12.8 Å². The van der Waals surface area contributed by atoms with Gasteiger partial charge in [-0.1, -0.05) is 0 Å². The molecular formula is C10H9BrFNO2S2. The number of rotatable bonds is 4. The van der Waals surface area contributed by atoms with Crippen LogP contribution in [0.15, 0.2) is 21.5 Å². The van der Waals surface area contributed by atoms with Crippen molar-refractivity contribution in [2.45, 2.75) is 4.90 Å². The Morgan fingerprint density at radius 3 is 2.71 bits per heavy atom. The van der Waals surface area contributed by atoms with E-state index in [2.05, 4.69) is 15.9 Å². The minimum atomic E-state index is -3.04. The zero-order valence-electron chi connectivity index (χ0n) is 8.91. The van der Waals surface area contributed by atoms with Crippen LogP contribution in [0, 0.1) is 17.1 Å². The fraction of sp³-hybridized carbons (Fsp3) is 0.300. The average Bonchev–Trinajstić information content (AvgIpc) is 2.23. The summed E-state index contributed by atoms with van der Waals surface area (Å²) in [6, 6.07) is 4.83. The first-order valence-corrected chi connectivity index (χ1v) is 8.37. The standard InChI is InChI=1S/C10H9BrFNO2S2/c1-17(14,15)5-4-16-8-3-2-7(6-13)9(11)10(8)12/h2-3H,4-5H2,1H3. The van der Waals surface area contributed by atoms with Gasteiger partial charge >= 0.3 is 0 Å². The number of sulfone groups is 1. The molecule has 0 saturated heterocycles. The summed E-state index contributed by atoms with van der Waals surface area (Å²) in [4.78, 5) is 0.333. The van der Waals surface area contributed by atoms with Gasteiger partial charge in [-0.05, 0) is 28.1 Å². The second kappa shape index (κ2) is 5.85. The lowest BCUT2D eigenvalue weighted by molar-refractivity contribution is 0.594. The van der Waals surface area contributed by atoms with Crippen LogP contribution < -0.4 is 0 Å². The van der Waals surface area contributed by atoms with Gasteiger partial charge in [-0.25, -0.2) is 12.8 Å². The van der Waals surface area contributed by atoms with E-state index in [4.69, 9.17) is 5.26 Å². The van der Waals surface area contributed by atoms with Gasteiger partial charge in [0.2, 0.25) is 0 Å². The molecule has 92 valence electrons. The third-order valence-electron chi connectivity index (χ3n) is 1.88. The molecule has 0 aromatic heterocycles. The Morgan fingerprint density at radius 1 is 1.53 bits per heavy atom. The van der Waals surface area contributed by atoms with E-state index in [1.807, 2.05) is 6.07 Å². The van der Waals surface area contributed by atoms with Crippen molar-refractivity contribution in [2.75, 3.05) is 17.8 Å². The van der Waals surface area contributed by atoms with E-state index in [-0.39, 0.29) is 21.5 Å². The maximum atomic E-state index is 13.7. The number of nitriles is 1. The molecule has 0 aliphatic rings. The third-order valence-corrected chi connectivity index (χ3v) is 4.89. The SMILES string of the molecule is CS(=O)(=O)CCSc1ccc(C#N)c(Br)c1F. The van der Waals surface area contributed by atoms with Crippen LogP contribution in [-0.2, 0) is 9.84 Å². The lowest BCUT2D eigenvalue weighted by Gasteiger charge is -2.05. The van der Waals surface area contributed by atoms with E-state index in [1.54, 1.807) is 0 Å². The molecule has 0 heterocycles. The molecule has 7 heteroatoms. The van der Waals surface area contributed by atoms with Gasteiger partial charge in [-0.3, -0.25) is 0 Å². The topological polar surface area (TPSA) is 57.9 Å². The van der Waals surface area contributed by atoms with Gasteiger partial charge in [-0.15, -0.1) is 11.8 Å². The lowest BCUT2D eigenvalue weighted by Crippen LogP contribution is -2.05. The zero-order chi connectivity index (χ0) is 13.1. The molecule has 17 heavy (non-hydrogen) atoms. The summed E-state index contributed by atoms with van der Waals surface area (Å²) >= 11 is 4.11. The van der Waals surface area contributed by atoms with Gasteiger partial charge in [0.15, 0.2) is 5.82 Å². The molecule has 1 rings (SSSR count). The molecule has 0 saturated carbocycles. The van der Waals surface area contributed by atoms with Crippen LogP contribution in [0.1, 0.15) is 5.56 Å². The Hall–Kier alpha value is -0.580. The van der Waals surface area contributed by atoms with Crippen LogP contribution >= 0.6 is 27.7 Å². The number of nitrogens with zero attached hydrogens (tertiary/aromatic N) is 1. The van der Waals surface area contributed by atoms with E-state index < -0.39 is 15.7 Å². The Morgan fingerprint density at radius 2 is 2.18 bits per heavy atom. The maximum absolute atomic E-state index is 13.7. The van der Waals surface area contributed by atoms with Gasteiger partial charge in [0, 0.05) is 16.9 Å². The first kappa shape index (κ1) is 14.5. The van der Waals surface area contributed by atoms with Crippen molar-refractivity contribution in [3.63, 3.8) is 0 Å². The van der Waals surface area contributed by atoms with Crippen LogP contribution in [0.25, 0.3) is 0 Å². The molecule has 3 nitrogen and oxygen atoms in total. The maximum Gasteiger partial charge on any atom is 0.152 e. The summed E-state index contributed by atoms with van der Waals surface area (Å²) in [6.07, 6.45) is 1.14. The number of benzene rings is 1. The van der Waals surface area contributed by atoms with Crippen LogP contribution in [0.4, 0.5) is 4.39 Å². The smallest absolute Gasteiger partial charge is 0.152 e. The summed E-state index contributed by atoms with van der Waals surface area (Å²) in [5.41, 5.74) is 0.218. The molecule has 0 N–H and O–H groups in total. The lowest BCUT2D eigenvalue weighted by atomic mass is 10.2. The van der Waals surface area contributed by atoms with E-state index >= 15 is 0 Å². The van der Waals surface area contributed by atoms with Crippen molar-refractivity contribution in [1.29, 1.82) is 5.26 Å². The molecule has 1 aromatic carbocycles. The minimum absolute atomic E-state index is 0.00523. The van der Waals surface area contributed by atoms with E-state index in [0.717, 1.165) is 18.0 Å². The van der Waals surface area contributed by atoms with Gasteiger partial charge in [-0.2, -0.15) is 5.26 Å². The molecule has 0 fully saturated rings. The van der Waals surface area contributed by atoms with Crippen molar-refractivity contribution in [2.24, 2.45) is 0 Å². The Labute approximate surface area is 112 Å². The van der Waals surface area contributed by atoms with Crippen LogP contribution in [-0.4, -0.2) is 26.2 Å². The summed E-state index contributed by atoms with van der Waals surface area (Å²) < 4.78 is 35.6. The predicted octanol–water partition coefficient (Wildman–Crippen LogP) is 2.60. The van der Waals surface area contributed by atoms with Crippen molar-refractivity contribution in [3.8, 4) is 6.07 Å². The molecule has 0 spiro atoms. The molecule has 0 atom stereocenters. The fourth-order valence-electron chi connectivity index (χ4n) is 1.03. The third kappa shape index (κ3) is 4.30. The Balaban J connectivity index is 2.81. The van der Waals surface area contributed by atoms with Crippen molar-refractivity contribution < 1.29 is 12.8 Å². The highest BCUT2D eigenvalue weighted by molar-refractivity contribution is 9.10. The fourth-order valence-corrected chi connectivity index (χ4v) is 3.76. The van der Waals surface area contributed by atoms with E-state index in [1.165, 1.54) is 12.1 Å². The minimum Gasteiger partial charge on any atom is -0.229 e. The average molecular weight is 338 g/mol. The Bertz CT molecular complexity index is 566. The normalized spacial score (nSPS) is 11.2. The molecule has 0 radical (unpaired) electrons. The monoisotopic (exact) mass is 337 g/mol. The molecule has 0 unspecified atom stereocenters. The summed E-state index contributed by atoms with van der Waals surface area (Å²) in [7, 11) is -3.04. The Kier molecular flexibility index (Phi) is 4.98. The number of halogens is 2. The van der Waals surface area contributed by atoms with Crippen LogP contribution in [0.2, 0.25) is 0 Å². The zero-order valence-corrected chi connectivity index (χ0v) is 12.1. The van der Waals surface area contributed by atoms with Crippen molar-refractivity contribution >= 4 is 37.5 Å². The summed E-state index contributed by atoms with van der Waals surface area (Å²) in [5, 5.41) is 8.68. The van der Waals surface area contributed by atoms with E-state index in [0.29, 0.717) is 4.90 Å². The summed E-state index contributed by atoms with van der Waals surface area (Å²) in [5.74, 6) is -0.245. The van der Waals surface area contributed by atoms with Gasteiger partial charge in [0.25, 0.3) is 0 Å². The number of hydrogen-bond donors (Lipinski definition) is 0. The second-order valence-electron chi connectivity index (χ2n) is 3.33.